The minimum atomic E-state index is -3.95. The highest BCUT2D eigenvalue weighted by atomic mass is 79.9. The van der Waals surface area contributed by atoms with E-state index in [1.165, 1.54) is 18.2 Å². The van der Waals surface area contributed by atoms with E-state index in [4.69, 9.17) is 17.3 Å². The summed E-state index contributed by atoms with van der Waals surface area (Å²) in [6.07, 6.45) is 0. The highest BCUT2D eigenvalue weighted by molar-refractivity contribution is 9.10. The first-order valence-corrected chi connectivity index (χ1v) is 8.74. The Balaban J connectivity index is 2.58. The highest BCUT2D eigenvalue weighted by Gasteiger charge is 2.27. The van der Waals surface area contributed by atoms with Crippen LogP contribution in [0.15, 0.2) is 57.9 Å². The van der Waals surface area contributed by atoms with E-state index in [0.29, 0.717) is 4.47 Å². The van der Waals surface area contributed by atoms with Crippen molar-refractivity contribution in [2.75, 3.05) is 10.8 Å². The summed E-state index contributed by atoms with van der Waals surface area (Å²) < 4.78 is 27.1. The maximum atomic E-state index is 12.8. The van der Waals surface area contributed by atoms with Crippen molar-refractivity contribution in [2.24, 2.45) is 5.73 Å². The van der Waals surface area contributed by atoms with E-state index in [2.05, 4.69) is 15.9 Å². The van der Waals surface area contributed by atoms with Crippen LogP contribution in [-0.4, -0.2) is 20.9 Å². The molecule has 8 heteroatoms. The van der Waals surface area contributed by atoms with Crippen LogP contribution in [0.25, 0.3) is 0 Å². The molecule has 0 aliphatic carbocycles. The van der Waals surface area contributed by atoms with Crippen LogP contribution in [-0.2, 0) is 14.8 Å². The Kier molecular flexibility index (Phi) is 5.10. The van der Waals surface area contributed by atoms with Crippen LogP contribution in [0.2, 0.25) is 5.02 Å². The van der Waals surface area contributed by atoms with Crippen LogP contribution in [0, 0.1) is 0 Å². The summed E-state index contributed by atoms with van der Waals surface area (Å²) in [7, 11) is -3.95. The van der Waals surface area contributed by atoms with Crippen molar-refractivity contribution in [3.8, 4) is 0 Å². The van der Waals surface area contributed by atoms with E-state index in [1.807, 2.05) is 0 Å². The van der Waals surface area contributed by atoms with Crippen molar-refractivity contribution >= 4 is 49.1 Å². The molecule has 0 fully saturated rings. The summed E-state index contributed by atoms with van der Waals surface area (Å²) in [4.78, 5) is 11.4. The fraction of sp³-hybridized carbons (Fsp3) is 0.0714. The molecule has 0 aliphatic heterocycles. The van der Waals surface area contributed by atoms with Crippen LogP contribution < -0.4 is 10.0 Å². The van der Waals surface area contributed by atoms with E-state index in [0.717, 1.165) is 4.31 Å². The lowest BCUT2D eigenvalue weighted by Crippen LogP contribution is -2.38. The smallest absolute Gasteiger partial charge is 0.264 e. The Morgan fingerprint density at radius 2 is 1.82 bits per heavy atom. The summed E-state index contributed by atoms with van der Waals surface area (Å²) in [6, 6.07) is 12.5. The van der Waals surface area contributed by atoms with Gasteiger partial charge in [-0.2, -0.15) is 0 Å². The molecule has 5 nitrogen and oxygen atoms in total. The lowest BCUT2D eigenvalue weighted by atomic mass is 10.3. The van der Waals surface area contributed by atoms with E-state index >= 15 is 0 Å². The number of rotatable bonds is 5. The van der Waals surface area contributed by atoms with Gasteiger partial charge in [0.2, 0.25) is 5.91 Å². The largest absolute Gasteiger partial charge is 0.368 e. The van der Waals surface area contributed by atoms with Gasteiger partial charge >= 0.3 is 0 Å². The van der Waals surface area contributed by atoms with E-state index in [-0.39, 0.29) is 15.6 Å². The molecular formula is C14H12BrClN2O3S. The zero-order valence-electron chi connectivity index (χ0n) is 11.2. The molecular weight excluding hydrogens is 392 g/mol. The number of hydrogen-bond acceptors (Lipinski definition) is 3. The van der Waals surface area contributed by atoms with Crippen molar-refractivity contribution in [3.05, 3.63) is 58.0 Å². The van der Waals surface area contributed by atoms with Gasteiger partial charge in [0.25, 0.3) is 10.0 Å². The Labute approximate surface area is 141 Å². The first-order valence-electron chi connectivity index (χ1n) is 6.13. The molecule has 2 N–H and O–H groups in total. The predicted molar refractivity (Wildman–Crippen MR) is 89.3 cm³/mol. The van der Waals surface area contributed by atoms with Crippen molar-refractivity contribution in [1.82, 2.24) is 0 Å². The van der Waals surface area contributed by atoms with Crippen molar-refractivity contribution in [1.29, 1.82) is 0 Å². The molecule has 2 aromatic carbocycles. The van der Waals surface area contributed by atoms with Gasteiger partial charge in [-0.3, -0.25) is 9.10 Å². The second-order valence-electron chi connectivity index (χ2n) is 4.39. The van der Waals surface area contributed by atoms with Crippen LogP contribution in [0.4, 0.5) is 5.69 Å². The zero-order valence-corrected chi connectivity index (χ0v) is 14.4. The van der Waals surface area contributed by atoms with E-state index in [9.17, 15) is 13.2 Å². The minimum absolute atomic E-state index is 0.0511. The first kappa shape index (κ1) is 16.8. The zero-order chi connectivity index (χ0) is 16.3. The Bertz CT molecular complexity index is 797. The van der Waals surface area contributed by atoms with Gasteiger partial charge in [0.1, 0.15) is 6.54 Å². The Morgan fingerprint density at radius 3 is 2.36 bits per heavy atom. The molecule has 0 atom stereocenters. The maximum Gasteiger partial charge on any atom is 0.264 e. The molecule has 0 saturated heterocycles. The summed E-state index contributed by atoms with van der Waals surface area (Å²) >= 11 is 9.36. The van der Waals surface area contributed by atoms with Gasteiger partial charge in [-0.25, -0.2) is 8.42 Å². The van der Waals surface area contributed by atoms with E-state index in [1.54, 1.807) is 30.3 Å². The molecule has 2 aromatic rings. The molecule has 116 valence electrons. The van der Waals surface area contributed by atoms with Crippen LogP contribution >= 0.6 is 27.5 Å². The lowest BCUT2D eigenvalue weighted by Gasteiger charge is -2.24. The number of nitrogens with two attached hydrogens (primary N) is 1. The molecule has 0 saturated carbocycles. The number of anilines is 1. The third-order valence-corrected chi connectivity index (χ3v) is 5.38. The molecule has 0 aromatic heterocycles. The summed E-state index contributed by atoms with van der Waals surface area (Å²) in [6.45, 7) is -0.501. The van der Waals surface area contributed by atoms with Crippen LogP contribution in [0.5, 0.6) is 0 Å². The molecule has 0 spiro atoms. The standard InChI is InChI=1S/C14H12BrClN2O3S/c15-10-6-7-13(12(16)8-10)18(9-14(17)19)22(20,21)11-4-2-1-3-5-11/h1-8H,9H2,(H2,17,19). The van der Waals surface area contributed by atoms with Crippen LogP contribution in [0.3, 0.4) is 0 Å². The van der Waals surface area contributed by atoms with Gasteiger partial charge in [0, 0.05) is 4.47 Å². The van der Waals surface area contributed by atoms with Crippen molar-refractivity contribution < 1.29 is 13.2 Å². The van der Waals surface area contributed by atoms with E-state index < -0.39 is 22.5 Å². The van der Waals surface area contributed by atoms with Crippen molar-refractivity contribution in [3.63, 3.8) is 0 Å². The fourth-order valence-corrected chi connectivity index (χ4v) is 4.14. The normalized spacial score (nSPS) is 11.2. The number of sulfonamides is 1. The molecule has 2 rings (SSSR count). The monoisotopic (exact) mass is 402 g/mol. The number of carbonyl (C=O) groups excluding carboxylic acids is 1. The fourth-order valence-electron chi connectivity index (χ4n) is 1.84. The number of halogens is 2. The van der Waals surface area contributed by atoms with Crippen molar-refractivity contribution in [2.45, 2.75) is 4.90 Å². The summed E-state index contributed by atoms with van der Waals surface area (Å²) in [5.74, 6) is -0.779. The lowest BCUT2D eigenvalue weighted by molar-refractivity contribution is -0.116. The van der Waals surface area contributed by atoms with Gasteiger partial charge in [-0.05, 0) is 30.3 Å². The number of nitrogens with zero attached hydrogens (tertiary/aromatic N) is 1. The summed E-state index contributed by atoms with van der Waals surface area (Å²) in [5.41, 5.74) is 5.38. The number of carbonyl (C=O) groups is 1. The molecule has 1 amide bonds. The predicted octanol–water partition coefficient (Wildman–Crippen LogP) is 2.78. The van der Waals surface area contributed by atoms with Gasteiger partial charge in [0.05, 0.1) is 15.6 Å². The first-order chi connectivity index (χ1) is 10.3. The average molecular weight is 404 g/mol. The number of hydrogen-bond donors (Lipinski definition) is 1. The van der Waals surface area contributed by atoms with Gasteiger partial charge < -0.3 is 5.73 Å². The molecule has 0 radical (unpaired) electrons. The van der Waals surface area contributed by atoms with Crippen LogP contribution in [0.1, 0.15) is 0 Å². The number of primary amides is 1. The molecule has 22 heavy (non-hydrogen) atoms. The van der Waals surface area contributed by atoms with Gasteiger partial charge in [0.15, 0.2) is 0 Å². The Morgan fingerprint density at radius 1 is 1.18 bits per heavy atom. The second-order valence-corrected chi connectivity index (χ2v) is 7.57. The topological polar surface area (TPSA) is 80.5 Å². The second kappa shape index (κ2) is 6.68. The molecule has 0 aliphatic rings. The SMILES string of the molecule is NC(=O)CN(c1ccc(Br)cc1Cl)S(=O)(=O)c1ccccc1. The average Bonchev–Trinajstić information content (AvgIpc) is 2.46. The third kappa shape index (κ3) is 3.60. The van der Waals surface area contributed by atoms with Gasteiger partial charge in [-0.1, -0.05) is 45.7 Å². The summed E-state index contributed by atoms with van der Waals surface area (Å²) in [5, 5.41) is 0.190. The van der Waals surface area contributed by atoms with Gasteiger partial charge in [-0.15, -0.1) is 0 Å². The molecule has 0 unspecified atom stereocenters. The Hall–Kier alpha value is -1.57. The number of amides is 1. The molecule has 0 heterocycles. The quantitative estimate of drug-likeness (QED) is 0.833. The minimum Gasteiger partial charge on any atom is -0.368 e. The molecule has 0 bridgehead atoms. The third-order valence-electron chi connectivity index (χ3n) is 2.81. The maximum absolute atomic E-state index is 12.8. The number of benzene rings is 2. The highest BCUT2D eigenvalue weighted by Crippen LogP contribution is 2.32.